The van der Waals surface area contributed by atoms with Crippen LogP contribution in [0.15, 0.2) is 23.4 Å². The molecule has 0 N–H and O–H groups in total. The van der Waals surface area contributed by atoms with Gasteiger partial charge in [-0.25, -0.2) is 9.31 Å². The van der Waals surface area contributed by atoms with Gasteiger partial charge in [0.25, 0.3) is 0 Å². The Morgan fingerprint density at radius 2 is 2.20 bits per heavy atom. The van der Waals surface area contributed by atoms with Crippen molar-refractivity contribution >= 4 is 29.0 Å². The number of pyridine rings is 1. The Kier molecular flexibility index (Phi) is 4.44. The van der Waals surface area contributed by atoms with Crippen LogP contribution in [0.1, 0.15) is 29.8 Å². The second-order valence-electron chi connectivity index (χ2n) is 4.43. The Hall–Kier alpha value is -1.82. The van der Waals surface area contributed by atoms with Crippen LogP contribution < -0.4 is 0 Å². The van der Waals surface area contributed by atoms with E-state index in [0.29, 0.717) is 22.7 Å². The number of rotatable bonds is 5. The third kappa shape index (κ3) is 3.01. The number of nitrogens with zero attached hydrogens (tertiary/aromatic N) is 2. The lowest BCUT2D eigenvalue weighted by Gasteiger charge is -2.02. The fourth-order valence-corrected chi connectivity index (χ4v) is 2.61. The van der Waals surface area contributed by atoms with Crippen LogP contribution in [-0.4, -0.2) is 33.7 Å². The molecule has 6 heteroatoms. The third-order valence-corrected chi connectivity index (χ3v) is 3.76. The quantitative estimate of drug-likeness (QED) is 0.626. The van der Waals surface area contributed by atoms with Gasteiger partial charge in [-0.3, -0.25) is 4.79 Å². The smallest absolute Gasteiger partial charge is 0.343 e. The highest BCUT2D eigenvalue weighted by Gasteiger charge is 2.21. The van der Waals surface area contributed by atoms with E-state index < -0.39 is 5.97 Å². The lowest BCUT2D eigenvalue weighted by molar-refractivity contribution is -0.114. The molecule has 2 aromatic heterocycles. The molecular formula is C14H16N2O3S. The zero-order valence-electron chi connectivity index (χ0n) is 11.7. The van der Waals surface area contributed by atoms with Crippen LogP contribution in [0.4, 0.5) is 0 Å². The molecule has 0 atom stereocenters. The van der Waals surface area contributed by atoms with Gasteiger partial charge in [0.15, 0.2) is 0 Å². The van der Waals surface area contributed by atoms with E-state index in [1.807, 2.05) is 19.1 Å². The van der Waals surface area contributed by atoms with Crippen LogP contribution in [0.25, 0.3) is 5.52 Å². The Labute approximate surface area is 121 Å². The van der Waals surface area contributed by atoms with Crippen molar-refractivity contribution in [3.8, 4) is 0 Å². The van der Waals surface area contributed by atoms with Gasteiger partial charge < -0.3 is 4.74 Å². The van der Waals surface area contributed by atoms with Crippen LogP contribution in [0.3, 0.4) is 0 Å². The lowest BCUT2D eigenvalue weighted by atomic mass is 10.2. The van der Waals surface area contributed by atoms with Crippen molar-refractivity contribution in [3.63, 3.8) is 0 Å². The number of thioether (sulfide) groups is 1. The number of carbonyl (C=O) groups excluding carboxylic acids is 2. The minimum Gasteiger partial charge on any atom is -0.462 e. The number of ketones is 1. The minimum atomic E-state index is -0.404. The van der Waals surface area contributed by atoms with Crippen LogP contribution in [-0.2, 0) is 9.53 Å². The fraction of sp³-hybridized carbons (Fsp3) is 0.357. The van der Waals surface area contributed by atoms with Crippen molar-refractivity contribution in [3.05, 3.63) is 29.5 Å². The first-order valence-electron chi connectivity index (χ1n) is 6.31. The number of hydrogen-bond acceptors (Lipinski definition) is 5. The summed E-state index contributed by atoms with van der Waals surface area (Å²) in [5.41, 5.74) is 2.17. The van der Waals surface area contributed by atoms with E-state index in [0.717, 1.165) is 5.56 Å². The normalized spacial score (nSPS) is 10.8. The highest BCUT2D eigenvalue weighted by Crippen LogP contribution is 2.26. The van der Waals surface area contributed by atoms with Gasteiger partial charge in [0.1, 0.15) is 16.4 Å². The largest absolute Gasteiger partial charge is 0.462 e. The van der Waals surface area contributed by atoms with E-state index in [4.69, 9.17) is 4.74 Å². The highest BCUT2D eigenvalue weighted by atomic mass is 32.2. The summed E-state index contributed by atoms with van der Waals surface area (Å²) in [6, 6.07) is 3.80. The second kappa shape index (κ2) is 6.09. The fourth-order valence-electron chi connectivity index (χ4n) is 1.80. The lowest BCUT2D eigenvalue weighted by Crippen LogP contribution is -2.06. The number of ether oxygens (including phenoxy) is 1. The molecule has 5 nitrogen and oxygen atoms in total. The summed E-state index contributed by atoms with van der Waals surface area (Å²) in [5.74, 6) is -0.0767. The molecule has 2 aromatic rings. The molecule has 2 rings (SSSR count). The first kappa shape index (κ1) is 14.6. The summed E-state index contributed by atoms with van der Waals surface area (Å²) in [5, 5.41) is 4.89. The topological polar surface area (TPSA) is 60.7 Å². The molecule has 0 aliphatic heterocycles. The molecule has 0 radical (unpaired) electrons. The Bertz CT molecular complexity index is 664. The minimum absolute atomic E-state index is 0.0399. The van der Waals surface area contributed by atoms with Gasteiger partial charge in [-0.05, 0) is 38.5 Å². The van der Waals surface area contributed by atoms with Crippen molar-refractivity contribution < 1.29 is 14.3 Å². The molecule has 20 heavy (non-hydrogen) atoms. The summed E-state index contributed by atoms with van der Waals surface area (Å²) in [4.78, 5) is 23.2. The van der Waals surface area contributed by atoms with Crippen molar-refractivity contribution in [1.82, 2.24) is 9.61 Å². The van der Waals surface area contributed by atoms with Crippen LogP contribution in [0.2, 0.25) is 0 Å². The number of esters is 1. The number of hydrogen-bond donors (Lipinski definition) is 0. The third-order valence-electron chi connectivity index (χ3n) is 2.65. The number of carbonyl (C=O) groups is 2. The molecule has 0 spiro atoms. The van der Waals surface area contributed by atoms with Crippen molar-refractivity contribution in [2.75, 3.05) is 12.4 Å². The number of fused-ring (bicyclic) bond motifs is 1. The molecular weight excluding hydrogens is 276 g/mol. The summed E-state index contributed by atoms with van der Waals surface area (Å²) < 4.78 is 6.73. The first-order valence-corrected chi connectivity index (χ1v) is 7.29. The van der Waals surface area contributed by atoms with Gasteiger partial charge in [-0.15, -0.1) is 0 Å². The van der Waals surface area contributed by atoms with E-state index in [-0.39, 0.29) is 11.5 Å². The standard InChI is InChI=1S/C14H16N2O3S/c1-4-19-14(18)12-11-7-9(2)5-6-16(11)15-13(12)20-8-10(3)17/h5-7H,4,8H2,1-3H3. The maximum atomic E-state index is 12.1. The molecule has 0 aliphatic rings. The molecule has 0 unspecified atom stereocenters. The van der Waals surface area contributed by atoms with E-state index in [2.05, 4.69) is 5.10 Å². The molecule has 0 saturated carbocycles. The Balaban J connectivity index is 2.51. The van der Waals surface area contributed by atoms with Crippen LogP contribution in [0, 0.1) is 6.92 Å². The van der Waals surface area contributed by atoms with Crippen molar-refractivity contribution in [2.24, 2.45) is 0 Å². The molecule has 0 aliphatic carbocycles. The summed E-state index contributed by atoms with van der Waals surface area (Å²) in [6.45, 7) is 5.53. The molecule has 0 amide bonds. The first-order chi connectivity index (χ1) is 9.52. The number of aryl methyl sites for hydroxylation is 1. The maximum Gasteiger partial charge on any atom is 0.343 e. The van der Waals surface area contributed by atoms with Gasteiger partial charge in [0.05, 0.1) is 17.9 Å². The summed E-state index contributed by atoms with van der Waals surface area (Å²) in [6.07, 6.45) is 1.80. The Morgan fingerprint density at radius 1 is 1.45 bits per heavy atom. The predicted octanol–water partition coefficient (Wildman–Crippen LogP) is 2.50. The van der Waals surface area contributed by atoms with Crippen molar-refractivity contribution in [2.45, 2.75) is 25.8 Å². The van der Waals surface area contributed by atoms with Gasteiger partial charge in [-0.2, -0.15) is 5.10 Å². The van der Waals surface area contributed by atoms with Gasteiger partial charge in [0.2, 0.25) is 0 Å². The molecule has 0 saturated heterocycles. The Morgan fingerprint density at radius 3 is 2.85 bits per heavy atom. The van der Waals surface area contributed by atoms with Crippen LogP contribution >= 0.6 is 11.8 Å². The van der Waals surface area contributed by atoms with E-state index in [1.54, 1.807) is 17.6 Å². The molecule has 0 bridgehead atoms. The van der Waals surface area contributed by atoms with Crippen LogP contribution in [0.5, 0.6) is 0 Å². The van der Waals surface area contributed by atoms with Gasteiger partial charge in [0, 0.05) is 6.20 Å². The van der Waals surface area contributed by atoms with E-state index in [1.165, 1.54) is 18.7 Å². The van der Waals surface area contributed by atoms with Gasteiger partial charge >= 0.3 is 5.97 Å². The molecule has 0 fully saturated rings. The van der Waals surface area contributed by atoms with E-state index >= 15 is 0 Å². The van der Waals surface area contributed by atoms with Crippen molar-refractivity contribution in [1.29, 1.82) is 0 Å². The summed E-state index contributed by atoms with van der Waals surface area (Å²) in [7, 11) is 0. The average molecular weight is 292 g/mol. The number of aromatic nitrogens is 2. The zero-order valence-corrected chi connectivity index (χ0v) is 12.5. The predicted molar refractivity (Wildman–Crippen MR) is 77.3 cm³/mol. The average Bonchev–Trinajstić information content (AvgIpc) is 2.74. The zero-order chi connectivity index (χ0) is 14.7. The number of Topliss-reactive ketones (excluding diaryl/α,β-unsaturated/α-hetero) is 1. The molecule has 106 valence electrons. The molecule has 0 aromatic carbocycles. The van der Waals surface area contributed by atoms with E-state index in [9.17, 15) is 9.59 Å². The second-order valence-corrected chi connectivity index (χ2v) is 5.39. The maximum absolute atomic E-state index is 12.1. The SMILES string of the molecule is CCOC(=O)c1c(SCC(C)=O)nn2ccc(C)cc12. The molecule has 2 heterocycles. The highest BCUT2D eigenvalue weighted by molar-refractivity contribution is 8.00. The summed E-state index contributed by atoms with van der Waals surface area (Å²) >= 11 is 1.26. The monoisotopic (exact) mass is 292 g/mol. The van der Waals surface area contributed by atoms with Gasteiger partial charge in [-0.1, -0.05) is 11.8 Å².